The third kappa shape index (κ3) is 5.52. The van der Waals surface area contributed by atoms with Crippen molar-refractivity contribution in [2.75, 3.05) is 40.5 Å². The summed E-state index contributed by atoms with van der Waals surface area (Å²) in [5.74, 6) is 0.253. The van der Waals surface area contributed by atoms with Gasteiger partial charge in [0.2, 0.25) is 0 Å². The van der Waals surface area contributed by atoms with E-state index in [9.17, 15) is 15.2 Å². The van der Waals surface area contributed by atoms with Gasteiger partial charge in [-0.25, -0.2) is 0 Å². The van der Waals surface area contributed by atoms with E-state index in [-0.39, 0.29) is 18.0 Å². The molecule has 1 N–H and O–H groups in total. The molecule has 1 rings (SSSR count). The number of nitrogens with zero attached hydrogens (tertiary/aromatic N) is 2. The van der Waals surface area contributed by atoms with Crippen LogP contribution in [0.3, 0.4) is 0 Å². The lowest BCUT2D eigenvalue weighted by Crippen LogP contribution is -2.34. The molecule has 7 nitrogen and oxygen atoms in total. The second-order valence-electron chi connectivity index (χ2n) is 4.44. The number of hydrogen-bond acceptors (Lipinski definition) is 6. The third-order valence-corrected chi connectivity index (χ3v) is 2.67. The Labute approximate surface area is 117 Å². The van der Waals surface area contributed by atoms with Gasteiger partial charge in [-0.3, -0.25) is 10.1 Å². The van der Waals surface area contributed by atoms with Gasteiger partial charge in [-0.05, 0) is 13.1 Å². The van der Waals surface area contributed by atoms with E-state index in [0.29, 0.717) is 19.7 Å². The Bertz CT molecular complexity index is 427. The average Bonchev–Trinajstić information content (AvgIpc) is 2.39. The lowest BCUT2D eigenvalue weighted by molar-refractivity contribution is -0.385. The zero-order valence-electron chi connectivity index (χ0n) is 11.7. The van der Waals surface area contributed by atoms with Crippen LogP contribution in [0.15, 0.2) is 24.3 Å². The highest BCUT2D eigenvalue weighted by Gasteiger charge is 2.14. The molecule has 1 aromatic rings. The van der Waals surface area contributed by atoms with E-state index < -0.39 is 11.0 Å². The van der Waals surface area contributed by atoms with E-state index in [1.165, 1.54) is 13.2 Å². The van der Waals surface area contributed by atoms with Crippen LogP contribution in [0.25, 0.3) is 0 Å². The second-order valence-corrected chi connectivity index (χ2v) is 4.44. The van der Waals surface area contributed by atoms with Crippen molar-refractivity contribution < 1.29 is 19.5 Å². The summed E-state index contributed by atoms with van der Waals surface area (Å²) in [6.07, 6.45) is -0.559. The highest BCUT2D eigenvalue weighted by molar-refractivity contribution is 5.45. The van der Waals surface area contributed by atoms with Crippen LogP contribution in [-0.2, 0) is 4.74 Å². The van der Waals surface area contributed by atoms with Crippen LogP contribution in [0.5, 0.6) is 5.75 Å². The van der Waals surface area contributed by atoms with E-state index in [1.807, 2.05) is 11.9 Å². The van der Waals surface area contributed by atoms with Gasteiger partial charge in [0.05, 0.1) is 17.6 Å². The first-order valence-electron chi connectivity index (χ1n) is 6.26. The number of rotatable bonds is 9. The summed E-state index contributed by atoms with van der Waals surface area (Å²) in [5, 5.41) is 20.4. The van der Waals surface area contributed by atoms with E-state index in [0.717, 1.165) is 0 Å². The monoisotopic (exact) mass is 284 g/mol. The topological polar surface area (TPSA) is 85.1 Å². The molecule has 0 saturated heterocycles. The summed E-state index contributed by atoms with van der Waals surface area (Å²) in [5.41, 5.74) is -0.0467. The normalized spacial score (nSPS) is 12.4. The summed E-state index contributed by atoms with van der Waals surface area (Å²) >= 11 is 0. The van der Waals surface area contributed by atoms with Gasteiger partial charge in [0.25, 0.3) is 0 Å². The van der Waals surface area contributed by atoms with Crippen molar-refractivity contribution in [1.82, 2.24) is 4.90 Å². The van der Waals surface area contributed by atoms with Gasteiger partial charge >= 0.3 is 5.69 Å². The maximum atomic E-state index is 10.8. The predicted octanol–water partition coefficient (Wildman–Crippen LogP) is 0.913. The molecule has 0 spiro atoms. The molecule has 0 aromatic heterocycles. The second kappa shape index (κ2) is 8.47. The number of methoxy groups -OCH3 is 1. The first-order chi connectivity index (χ1) is 9.54. The Morgan fingerprint density at radius 2 is 2.15 bits per heavy atom. The lowest BCUT2D eigenvalue weighted by Gasteiger charge is -2.20. The lowest BCUT2D eigenvalue weighted by atomic mass is 10.3. The molecule has 0 fully saturated rings. The van der Waals surface area contributed by atoms with E-state index >= 15 is 0 Å². The first-order valence-corrected chi connectivity index (χ1v) is 6.26. The summed E-state index contributed by atoms with van der Waals surface area (Å²) in [4.78, 5) is 12.2. The molecule has 1 unspecified atom stereocenters. The van der Waals surface area contributed by atoms with Gasteiger partial charge in [-0.15, -0.1) is 0 Å². The smallest absolute Gasteiger partial charge is 0.310 e. The minimum Gasteiger partial charge on any atom is -0.485 e. The average molecular weight is 284 g/mol. The Morgan fingerprint density at radius 3 is 2.80 bits per heavy atom. The molecule has 0 aliphatic carbocycles. The fourth-order valence-electron chi connectivity index (χ4n) is 1.74. The standard InChI is InChI=1S/C13H20N2O5/c1-14(9-11(16)10-19-2)7-8-20-13-6-4-3-5-12(13)15(17)18/h3-6,11,16H,7-10H2,1-2H3. The maximum absolute atomic E-state index is 10.8. The quantitative estimate of drug-likeness (QED) is 0.536. The molecule has 0 radical (unpaired) electrons. The van der Waals surface area contributed by atoms with E-state index in [4.69, 9.17) is 9.47 Å². The molecule has 7 heteroatoms. The van der Waals surface area contributed by atoms with Gasteiger partial charge in [0.1, 0.15) is 6.61 Å². The molecule has 0 aliphatic heterocycles. The summed E-state index contributed by atoms with van der Waals surface area (Å²) in [7, 11) is 3.36. The Hall–Kier alpha value is -1.70. The van der Waals surface area contributed by atoms with Crippen molar-refractivity contribution in [2.45, 2.75) is 6.10 Å². The molecule has 0 saturated carbocycles. The highest BCUT2D eigenvalue weighted by atomic mass is 16.6. The van der Waals surface area contributed by atoms with Gasteiger partial charge in [-0.2, -0.15) is 0 Å². The van der Waals surface area contributed by atoms with Gasteiger partial charge < -0.3 is 19.5 Å². The van der Waals surface area contributed by atoms with Crippen molar-refractivity contribution in [2.24, 2.45) is 0 Å². The summed E-state index contributed by atoms with van der Waals surface area (Å²) in [6, 6.07) is 6.26. The largest absolute Gasteiger partial charge is 0.485 e. The minimum absolute atomic E-state index is 0.0467. The van der Waals surface area contributed by atoms with Crippen molar-refractivity contribution in [3.8, 4) is 5.75 Å². The molecular formula is C13H20N2O5. The van der Waals surface area contributed by atoms with E-state index in [2.05, 4.69) is 0 Å². The Balaban J connectivity index is 2.39. The van der Waals surface area contributed by atoms with Crippen molar-refractivity contribution >= 4 is 5.69 Å². The number of aliphatic hydroxyl groups excluding tert-OH is 1. The zero-order valence-corrected chi connectivity index (χ0v) is 11.7. The van der Waals surface area contributed by atoms with Crippen molar-refractivity contribution in [3.63, 3.8) is 0 Å². The number of benzene rings is 1. The molecule has 112 valence electrons. The minimum atomic E-state index is -0.559. The SMILES string of the molecule is COCC(O)CN(C)CCOc1ccccc1[N+](=O)[O-]. The number of ether oxygens (including phenoxy) is 2. The molecule has 0 aliphatic rings. The zero-order chi connectivity index (χ0) is 15.0. The number of para-hydroxylation sites is 2. The Morgan fingerprint density at radius 1 is 1.45 bits per heavy atom. The molecule has 0 heterocycles. The first kappa shape index (κ1) is 16.4. The predicted molar refractivity (Wildman–Crippen MR) is 74.0 cm³/mol. The van der Waals surface area contributed by atoms with Gasteiger partial charge in [-0.1, -0.05) is 12.1 Å². The van der Waals surface area contributed by atoms with Crippen LogP contribution in [0.4, 0.5) is 5.69 Å². The van der Waals surface area contributed by atoms with Crippen LogP contribution in [0.1, 0.15) is 0 Å². The van der Waals surface area contributed by atoms with Crippen molar-refractivity contribution in [1.29, 1.82) is 0 Å². The van der Waals surface area contributed by atoms with Crippen LogP contribution in [0.2, 0.25) is 0 Å². The summed E-state index contributed by atoms with van der Waals surface area (Å²) < 4.78 is 10.3. The molecule has 1 atom stereocenters. The highest BCUT2D eigenvalue weighted by Crippen LogP contribution is 2.25. The fourth-order valence-corrected chi connectivity index (χ4v) is 1.74. The molecule has 0 amide bonds. The number of hydrogen-bond donors (Lipinski definition) is 1. The third-order valence-electron chi connectivity index (χ3n) is 2.67. The van der Waals surface area contributed by atoms with Gasteiger partial charge in [0.15, 0.2) is 5.75 Å². The molecule has 1 aromatic carbocycles. The number of aliphatic hydroxyl groups is 1. The molecular weight excluding hydrogens is 264 g/mol. The number of nitro benzene ring substituents is 1. The van der Waals surface area contributed by atoms with Crippen molar-refractivity contribution in [3.05, 3.63) is 34.4 Å². The van der Waals surface area contributed by atoms with Crippen LogP contribution in [0, 0.1) is 10.1 Å². The molecule has 0 bridgehead atoms. The van der Waals surface area contributed by atoms with Crippen LogP contribution in [-0.4, -0.2) is 61.5 Å². The molecule has 20 heavy (non-hydrogen) atoms. The fraction of sp³-hybridized carbons (Fsp3) is 0.538. The van der Waals surface area contributed by atoms with Crippen LogP contribution >= 0.6 is 0 Å². The number of likely N-dealkylation sites (N-methyl/N-ethyl adjacent to an activating group) is 1. The van der Waals surface area contributed by atoms with Crippen LogP contribution < -0.4 is 4.74 Å². The van der Waals surface area contributed by atoms with Gasteiger partial charge in [0, 0.05) is 26.3 Å². The maximum Gasteiger partial charge on any atom is 0.310 e. The number of nitro groups is 1. The van der Waals surface area contributed by atoms with E-state index in [1.54, 1.807) is 18.2 Å². The summed E-state index contributed by atoms with van der Waals surface area (Å²) in [6.45, 7) is 1.58. The Kier molecular flexibility index (Phi) is 6.92.